The highest BCUT2D eigenvalue weighted by Crippen LogP contribution is 2.35. The van der Waals surface area contributed by atoms with Crippen LogP contribution >= 0.6 is 22.7 Å². The molecule has 0 spiro atoms. The molecule has 10 nitrogen and oxygen atoms in total. The van der Waals surface area contributed by atoms with Gasteiger partial charge in [0.1, 0.15) is 6.04 Å². The predicted octanol–water partition coefficient (Wildman–Crippen LogP) is 7.53. The first-order chi connectivity index (χ1) is 27.1. The summed E-state index contributed by atoms with van der Waals surface area (Å²) in [4.78, 5) is 38.5. The van der Waals surface area contributed by atoms with Crippen LogP contribution < -0.4 is 10.6 Å². The Balaban J connectivity index is 1.18. The number of aliphatic hydroxyl groups is 1. The third-order valence-corrected chi connectivity index (χ3v) is 13.4. The summed E-state index contributed by atoms with van der Waals surface area (Å²) >= 11 is 2.68. The molecule has 0 aliphatic carbocycles. The van der Waals surface area contributed by atoms with Gasteiger partial charge in [0.25, 0.3) is 5.91 Å². The lowest BCUT2D eigenvalue weighted by Gasteiger charge is -2.30. The van der Waals surface area contributed by atoms with Crippen molar-refractivity contribution in [2.45, 2.75) is 43.3 Å². The number of thiophene rings is 1. The van der Waals surface area contributed by atoms with Crippen molar-refractivity contribution in [1.29, 1.82) is 0 Å². The Morgan fingerprint density at radius 3 is 2.34 bits per heavy atom. The minimum absolute atomic E-state index is 0.0244. The van der Waals surface area contributed by atoms with Gasteiger partial charge in [0.05, 0.1) is 45.3 Å². The molecule has 7 rings (SSSR count). The van der Waals surface area contributed by atoms with E-state index in [9.17, 15) is 23.1 Å². The molecule has 3 N–H and O–H groups in total. The van der Waals surface area contributed by atoms with Crippen LogP contribution in [0.3, 0.4) is 0 Å². The number of aliphatic hydroxyl groups excluding tert-OH is 1. The predicted molar refractivity (Wildman–Crippen MR) is 222 cm³/mol. The number of pyridine rings is 1. The number of benzene rings is 4. The topological polar surface area (TPSA) is 142 Å². The van der Waals surface area contributed by atoms with Crippen molar-refractivity contribution in [2.24, 2.45) is 5.92 Å². The molecule has 0 aliphatic heterocycles. The van der Waals surface area contributed by atoms with Crippen LogP contribution in [0.25, 0.3) is 21.1 Å². The highest BCUT2D eigenvalue weighted by atomic mass is 32.2. The molecule has 4 aromatic carbocycles. The zero-order chi connectivity index (χ0) is 39.2. The van der Waals surface area contributed by atoms with Crippen molar-refractivity contribution in [3.63, 3.8) is 0 Å². The second-order valence-corrected chi connectivity index (χ2v) is 17.8. The molecule has 56 heavy (non-hydrogen) atoms. The summed E-state index contributed by atoms with van der Waals surface area (Å²) in [6, 6.07) is 34.7. The molecule has 0 aliphatic rings. The minimum Gasteiger partial charge on any atom is -0.394 e. The van der Waals surface area contributed by atoms with Crippen LogP contribution in [0.2, 0.25) is 0 Å². The first-order valence-corrected chi connectivity index (χ1v) is 21.3. The van der Waals surface area contributed by atoms with Gasteiger partial charge in [0.2, 0.25) is 15.9 Å². The Kier molecular flexibility index (Phi) is 12.0. The second kappa shape index (κ2) is 17.2. The normalized spacial score (nSPS) is 13.5. The van der Waals surface area contributed by atoms with E-state index in [0.29, 0.717) is 10.4 Å². The summed E-state index contributed by atoms with van der Waals surface area (Å²) in [5.41, 5.74) is 5.23. The highest BCUT2D eigenvalue weighted by Gasteiger charge is 2.35. The number of thiazole rings is 1. The number of aromatic nitrogens is 2. The number of sulfonamides is 1. The molecule has 0 saturated carbocycles. The van der Waals surface area contributed by atoms with Gasteiger partial charge in [0.15, 0.2) is 0 Å². The third kappa shape index (κ3) is 8.57. The standard InChI is InChI=1S/C43H41N5O5S3/c1-28(2)25-48(56(52,53)34-18-19-35-39(23-34)54-27-46-35)37(26-49)38-20-17-33(55-38)24-45-43(51)41(47-42(50)31-12-7-4-8-13-31)40(30-10-5-3-6-11-30)32-16-15-29-14-9-21-44-36(29)22-32/h3-23,27-28,37,40-41,49H,24-26H2,1-2H3,(H,45,51)(H,47,50). The number of rotatable bonds is 15. The van der Waals surface area contributed by atoms with Crippen molar-refractivity contribution in [2.75, 3.05) is 13.2 Å². The van der Waals surface area contributed by atoms with Crippen LogP contribution in [0.1, 0.15) is 57.0 Å². The smallest absolute Gasteiger partial charge is 0.251 e. The van der Waals surface area contributed by atoms with Crippen molar-refractivity contribution in [3.8, 4) is 0 Å². The first kappa shape index (κ1) is 38.9. The van der Waals surface area contributed by atoms with Gasteiger partial charge >= 0.3 is 0 Å². The maximum Gasteiger partial charge on any atom is 0.251 e. The molecule has 2 amide bonds. The molecule has 0 radical (unpaired) electrons. The summed E-state index contributed by atoms with van der Waals surface area (Å²) < 4.78 is 30.5. The number of carbonyl (C=O) groups excluding carboxylic acids is 2. The van der Waals surface area contributed by atoms with Gasteiger partial charge in [-0.2, -0.15) is 4.31 Å². The Hall–Kier alpha value is -5.31. The van der Waals surface area contributed by atoms with Crippen LogP contribution in [0, 0.1) is 5.92 Å². The van der Waals surface area contributed by atoms with E-state index in [2.05, 4.69) is 20.6 Å². The number of nitrogens with one attached hydrogen (secondary N) is 2. The van der Waals surface area contributed by atoms with E-state index in [1.54, 1.807) is 60.2 Å². The SMILES string of the molecule is CC(C)CN(C(CO)c1ccc(CNC(=O)C(NC(=O)c2ccccc2)C(c2ccccc2)c2ccc3cccnc3c2)s1)S(=O)(=O)c1ccc2ncsc2c1. The van der Waals surface area contributed by atoms with Crippen LogP contribution in [-0.2, 0) is 21.4 Å². The van der Waals surface area contributed by atoms with E-state index in [0.717, 1.165) is 37.1 Å². The monoisotopic (exact) mass is 803 g/mol. The molecule has 3 atom stereocenters. The summed E-state index contributed by atoms with van der Waals surface area (Å²) in [6.07, 6.45) is 1.72. The summed E-state index contributed by atoms with van der Waals surface area (Å²) in [7, 11) is -4.02. The molecule has 7 aromatic rings. The largest absolute Gasteiger partial charge is 0.394 e. The number of hydrogen-bond acceptors (Lipinski definition) is 9. The van der Waals surface area contributed by atoms with Crippen LogP contribution in [0.15, 0.2) is 138 Å². The lowest BCUT2D eigenvalue weighted by molar-refractivity contribution is -0.123. The summed E-state index contributed by atoms with van der Waals surface area (Å²) in [6.45, 7) is 3.73. The summed E-state index contributed by atoms with van der Waals surface area (Å²) in [5.74, 6) is -1.40. The maximum atomic E-state index is 14.5. The minimum atomic E-state index is -4.02. The van der Waals surface area contributed by atoms with E-state index in [1.807, 2.05) is 86.6 Å². The fraction of sp³-hybridized carbons (Fsp3) is 0.209. The zero-order valence-corrected chi connectivity index (χ0v) is 33.2. The lowest BCUT2D eigenvalue weighted by atomic mass is 9.84. The maximum absolute atomic E-state index is 14.5. The molecular weight excluding hydrogens is 763 g/mol. The molecule has 0 fully saturated rings. The molecule has 3 aromatic heterocycles. The average Bonchev–Trinajstić information content (AvgIpc) is 3.90. The molecule has 3 heterocycles. The zero-order valence-electron chi connectivity index (χ0n) is 30.8. The Labute approximate surface area is 333 Å². The van der Waals surface area contributed by atoms with Crippen molar-refractivity contribution < 1.29 is 23.1 Å². The van der Waals surface area contributed by atoms with Gasteiger partial charge in [-0.1, -0.05) is 80.6 Å². The van der Waals surface area contributed by atoms with Crippen LogP contribution in [0.5, 0.6) is 0 Å². The van der Waals surface area contributed by atoms with E-state index < -0.39 is 46.4 Å². The summed E-state index contributed by atoms with van der Waals surface area (Å²) in [5, 5.41) is 17.8. The molecule has 0 bridgehead atoms. The number of fused-ring (bicyclic) bond motifs is 2. The molecule has 3 unspecified atom stereocenters. The van der Waals surface area contributed by atoms with E-state index >= 15 is 0 Å². The van der Waals surface area contributed by atoms with E-state index in [1.165, 1.54) is 27.0 Å². The van der Waals surface area contributed by atoms with E-state index in [-0.39, 0.29) is 23.9 Å². The fourth-order valence-electron chi connectivity index (χ4n) is 6.79. The van der Waals surface area contributed by atoms with Gasteiger partial charge < -0.3 is 15.7 Å². The van der Waals surface area contributed by atoms with Gasteiger partial charge in [-0.15, -0.1) is 22.7 Å². The van der Waals surface area contributed by atoms with E-state index in [4.69, 9.17) is 0 Å². The molecule has 286 valence electrons. The van der Waals surface area contributed by atoms with Gasteiger partial charge in [-0.25, -0.2) is 13.4 Å². The van der Waals surface area contributed by atoms with Crippen LogP contribution in [0.4, 0.5) is 0 Å². The Morgan fingerprint density at radius 2 is 1.59 bits per heavy atom. The van der Waals surface area contributed by atoms with Crippen molar-refractivity contribution in [1.82, 2.24) is 24.9 Å². The number of carbonyl (C=O) groups is 2. The Morgan fingerprint density at radius 1 is 0.821 bits per heavy atom. The highest BCUT2D eigenvalue weighted by molar-refractivity contribution is 7.89. The van der Waals surface area contributed by atoms with Gasteiger partial charge in [0, 0.05) is 39.4 Å². The Bertz CT molecular complexity index is 2560. The van der Waals surface area contributed by atoms with Gasteiger partial charge in [-0.3, -0.25) is 14.6 Å². The number of amides is 2. The average molecular weight is 804 g/mol. The quantitative estimate of drug-likeness (QED) is 0.0974. The third-order valence-electron chi connectivity index (χ3n) is 9.51. The second-order valence-electron chi connectivity index (χ2n) is 13.8. The van der Waals surface area contributed by atoms with Crippen molar-refractivity contribution in [3.05, 3.63) is 159 Å². The fourth-order valence-corrected chi connectivity index (χ4v) is 10.5. The number of nitrogens with zero attached hydrogens (tertiary/aromatic N) is 3. The molecule has 13 heteroatoms. The van der Waals surface area contributed by atoms with Crippen LogP contribution in [-0.4, -0.2) is 58.8 Å². The molecular formula is C43H41N5O5S3. The van der Waals surface area contributed by atoms with Gasteiger partial charge in [-0.05, 0) is 71.6 Å². The van der Waals surface area contributed by atoms with Crippen molar-refractivity contribution >= 4 is 65.6 Å². The lowest BCUT2D eigenvalue weighted by Crippen LogP contribution is -2.50. The molecule has 0 saturated heterocycles. The number of hydrogen-bond donors (Lipinski definition) is 3. The first-order valence-electron chi connectivity index (χ1n) is 18.2.